The van der Waals surface area contributed by atoms with Crippen LogP contribution in [0.25, 0.3) is 16.9 Å². The Kier molecular flexibility index (Phi) is 4.63. The van der Waals surface area contributed by atoms with Crippen molar-refractivity contribution in [1.82, 2.24) is 25.2 Å². The molecule has 10 nitrogen and oxygen atoms in total. The maximum absolute atomic E-state index is 13.2. The van der Waals surface area contributed by atoms with E-state index in [1.807, 2.05) is 6.07 Å². The second-order valence-corrected chi connectivity index (χ2v) is 8.38. The first-order valence-electron chi connectivity index (χ1n) is 9.67. The molecule has 0 saturated carbocycles. The van der Waals surface area contributed by atoms with E-state index < -0.39 is 29.7 Å². The van der Waals surface area contributed by atoms with Crippen molar-refractivity contribution in [3.8, 4) is 16.9 Å². The van der Waals surface area contributed by atoms with Crippen LogP contribution in [0.3, 0.4) is 0 Å². The number of fused-ring (bicyclic) bond motifs is 1. The Morgan fingerprint density at radius 1 is 1.09 bits per heavy atom. The quantitative estimate of drug-likeness (QED) is 0.416. The van der Waals surface area contributed by atoms with E-state index in [-0.39, 0.29) is 24.0 Å². The maximum atomic E-state index is 13.2. The molecular formula is C21H15BrN6O4. The number of nitrogens with zero attached hydrogens (tertiary/aromatic N) is 4. The SMILES string of the molecule is Nc1cc(Br)cc(-c2cn(-c3cccc4c3C(=O)N(C3CCC(=O)NC3=O)C4=O)nn2)c1. The first-order chi connectivity index (χ1) is 15.3. The normalized spacial score (nSPS) is 18.2. The van der Waals surface area contributed by atoms with Crippen molar-refractivity contribution in [2.45, 2.75) is 18.9 Å². The monoisotopic (exact) mass is 494 g/mol. The number of carbonyl (C=O) groups excluding carboxylic acids is 4. The summed E-state index contributed by atoms with van der Waals surface area (Å²) in [6.45, 7) is 0. The molecule has 1 saturated heterocycles. The molecule has 1 fully saturated rings. The lowest BCUT2D eigenvalue weighted by atomic mass is 10.0. The molecule has 0 bridgehead atoms. The number of hydrogen-bond acceptors (Lipinski definition) is 7. The number of benzene rings is 2. The molecule has 0 radical (unpaired) electrons. The van der Waals surface area contributed by atoms with Crippen molar-refractivity contribution >= 4 is 45.2 Å². The fourth-order valence-corrected chi connectivity index (χ4v) is 4.47. The largest absolute Gasteiger partial charge is 0.399 e. The number of anilines is 1. The van der Waals surface area contributed by atoms with Gasteiger partial charge in [-0.25, -0.2) is 4.68 Å². The van der Waals surface area contributed by atoms with Crippen LogP contribution >= 0.6 is 15.9 Å². The van der Waals surface area contributed by atoms with Gasteiger partial charge in [-0.1, -0.05) is 27.2 Å². The molecule has 5 rings (SSSR count). The maximum Gasteiger partial charge on any atom is 0.264 e. The summed E-state index contributed by atoms with van der Waals surface area (Å²) in [6.07, 6.45) is 1.77. The zero-order valence-electron chi connectivity index (χ0n) is 16.4. The van der Waals surface area contributed by atoms with Gasteiger partial charge in [0.05, 0.1) is 23.0 Å². The average molecular weight is 495 g/mol. The van der Waals surface area contributed by atoms with E-state index >= 15 is 0 Å². The highest BCUT2D eigenvalue weighted by atomic mass is 79.9. The number of halogens is 1. The molecule has 11 heteroatoms. The number of nitrogens with one attached hydrogen (secondary N) is 1. The van der Waals surface area contributed by atoms with E-state index in [4.69, 9.17) is 5.73 Å². The molecular weight excluding hydrogens is 480 g/mol. The van der Waals surface area contributed by atoms with Crippen LogP contribution in [0.4, 0.5) is 5.69 Å². The van der Waals surface area contributed by atoms with Gasteiger partial charge in [-0.2, -0.15) is 0 Å². The third kappa shape index (κ3) is 3.17. The second-order valence-electron chi connectivity index (χ2n) is 7.47. The summed E-state index contributed by atoms with van der Waals surface area (Å²) in [4.78, 5) is 50.9. The van der Waals surface area contributed by atoms with Gasteiger partial charge in [0.25, 0.3) is 11.8 Å². The molecule has 2 aliphatic rings. The zero-order valence-corrected chi connectivity index (χ0v) is 18.0. The highest BCUT2D eigenvalue weighted by Gasteiger charge is 2.45. The summed E-state index contributed by atoms with van der Waals surface area (Å²) in [7, 11) is 0. The van der Waals surface area contributed by atoms with Gasteiger partial charge < -0.3 is 5.73 Å². The highest BCUT2D eigenvalue weighted by Crippen LogP contribution is 2.32. The van der Waals surface area contributed by atoms with Crippen LogP contribution in [0, 0.1) is 0 Å². The van der Waals surface area contributed by atoms with Crippen molar-refractivity contribution in [3.05, 3.63) is 58.2 Å². The number of piperidine rings is 1. The minimum atomic E-state index is -1.04. The lowest BCUT2D eigenvalue weighted by Gasteiger charge is -2.27. The summed E-state index contributed by atoms with van der Waals surface area (Å²) < 4.78 is 2.19. The van der Waals surface area contributed by atoms with E-state index in [0.717, 1.165) is 14.9 Å². The van der Waals surface area contributed by atoms with E-state index in [9.17, 15) is 19.2 Å². The van der Waals surface area contributed by atoms with Crippen molar-refractivity contribution < 1.29 is 19.2 Å². The summed E-state index contributed by atoms with van der Waals surface area (Å²) in [5, 5.41) is 10.5. The van der Waals surface area contributed by atoms with Crippen LogP contribution in [0.2, 0.25) is 0 Å². The number of aromatic nitrogens is 3. The molecule has 3 aromatic rings. The van der Waals surface area contributed by atoms with Crippen molar-refractivity contribution in [2.24, 2.45) is 0 Å². The molecule has 1 atom stereocenters. The second kappa shape index (κ2) is 7.38. The van der Waals surface area contributed by atoms with E-state index in [0.29, 0.717) is 17.1 Å². The minimum absolute atomic E-state index is 0.0544. The summed E-state index contributed by atoms with van der Waals surface area (Å²) >= 11 is 3.39. The average Bonchev–Trinajstić information content (AvgIpc) is 3.32. The van der Waals surface area contributed by atoms with Gasteiger partial charge in [0.1, 0.15) is 11.7 Å². The fourth-order valence-electron chi connectivity index (χ4n) is 3.96. The third-order valence-corrected chi connectivity index (χ3v) is 5.86. The molecule has 1 unspecified atom stereocenters. The van der Waals surface area contributed by atoms with Crippen LogP contribution in [0.15, 0.2) is 47.1 Å². The van der Waals surface area contributed by atoms with E-state index in [1.165, 1.54) is 10.7 Å². The number of hydrogen-bond donors (Lipinski definition) is 2. The number of amides is 4. The predicted octanol–water partition coefficient (Wildman–Crippen LogP) is 1.68. The standard InChI is InChI=1S/C21H15BrN6O4/c22-11-6-10(7-12(23)8-11)14-9-27(26-25-14)15-3-1-2-13-18(15)21(32)28(20(13)31)16-4-5-17(29)24-19(16)30/h1-3,6-9,16H,4-5,23H2,(H,24,29,30). The van der Waals surface area contributed by atoms with Crippen LogP contribution in [0.5, 0.6) is 0 Å². The Morgan fingerprint density at radius 3 is 2.66 bits per heavy atom. The van der Waals surface area contributed by atoms with Gasteiger partial charge in [0.15, 0.2) is 0 Å². The third-order valence-electron chi connectivity index (χ3n) is 5.40. The number of rotatable bonds is 3. The number of carbonyl (C=O) groups is 4. The Balaban J connectivity index is 1.54. The predicted molar refractivity (Wildman–Crippen MR) is 116 cm³/mol. The fraction of sp³-hybridized carbons (Fsp3) is 0.143. The van der Waals surface area contributed by atoms with Crippen LogP contribution in [-0.4, -0.2) is 49.6 Å². The van der Waals surface area contributed by atoms with Crippen LogP contribution < -0.4 is 11.1 Å². The lowest BCUT2D eigenvalue weighted by Crippen LogP contribution is -2.54. The van der Waals surface area contributed by atoms with Gasteiger partial charge >= 0.3 is 0 Å². The van der Waals surface area contributed by atoms with Crippen LogP contribution in [0.1, 0.15) is 33.6 Å². The van der Waals surface area contributed by atoms with Gasteiger partial charge in [0, 0.05) is 22.1 Å². The molecule has 2 aliphatic heterocycles. The molecule has 1 aromatic heterocycles. The Morgan fingerprint density at radius 2 is 1.91 bits per heavy atom. The smallest absolute Gasteiger partial charge is 0.264 e. The molecule has 3 heterocycles. The Hall–Kier alpha value is -3.86. The van der Waals surface area contributed by atoms with E-state index in [2.05, 4.69) is 31.6 Å². The van der Waals surface area contributed by atoms with Crippen LogP contribution in [-0.2, 0) is 9.59 Å². The van der Waals surface area contributed by atoms with Crippen molar-refractivity contribution in [1.29, 1.82) is 0 Å². The molecule has 160 valence electrons. The van der Waals surface area contributed by atoms with E-state index in [1.54, 1.807) is 30.5 Å². The minimum Gasteiger partial charge on any atom is -0.399 e. The number of imide groups is 2. The first-order valence-corrected chi connectivity index (χ1v) is 10.5. The zero-order chi connectivity index (χ0) is 22.6. The highest BCUT2D eigenvalue weighted by molar-refractivity contribution is 9.10. The summed E-state index contributed by atoms with van der Waals surface area (Å²) in [6, 6.07) is 9.10. The summed E-state index contributed by atoms with van der Waals surface area (Å²) in [5.74, 6) is -2.28. The molecule has 0 aliphatic carbocycles. The molecule has 4 amide bonds. The van der Waals surface area contributed by atoms with Crippen molar-refractivity contribution in [2.75, 3.05) is 5.73 Å². The van der Waals surface area contributed by atoms with Crippen molar-refractivity contribution in [3.63, 3.8) is 0 Å². The van der Waals surface area contributed by atoms with Gasteiger partial charge in [0.2, 0.25) is 11.8 Å². The topological polar surface area (TPSA) is 140 Å². The van der Waals surface area contributed by atoms with Gasteiger partial charge in [-0.3, -0.25) is 29.4 Å². The molecule has 0 spiro atoms. The number of nitrogens with two attached hydrogens (primary N) is 1. The molecule has 3 N–H and O–H groups in total. The first kappa shape index (κ1) is 20.1. The number of nitrogen functional groups attached to an aromatic ring is 1. The molecule has 2 aromatic carbocycles. The lowest BCUT2D eigenvalue weighted by molar-refractivity contribution is -0.136. The molecule has 32 heavy (non-hydrogen) atoms. The Bertz CT molecular complexity index is 1310. The Labute approximate surface area is 189 Å². The summed E-state index contributed by atoms with van der Waals surface area (Å²) in [5.41, 5.74) is 8.35. The van der Waals surface area contributed by atoms with Gasteiger partial charge in [-0.05, 0) is 36.8 Å². The van der Waals surface area contributed by atoms with Gasteiger partial charge in [-0.15, -0.1) is 5.10 Å².